The normalized spacial score (nSPS) is 14.7. The number of carbonyl (C=O) groups excluding carboxylic acids is 1. The first kappa shape index (κ1) is 15.3. The maximum absolute atomic E-state index is 12.0. The summed E-state index contributed by atoms with van der Waals surface area (Å²) in [6, 6.07) is 3.11. The molecule has 1 aromatic carbocycles. The summed E-state index contributed by atoms with van der Waals surface area (Å²) < 4.78 is 11.0. The average molecular weight is 293 g/mol. The molecular weight excluding hydrogens is 270 g/mol. The van der Waals surface area contributed by atoms with E-state index in [9.17, 15) is 4.79 Å². The number of hydrogen-bond donors (Lipinski definition) is 3. The van der Waals surface area contributed by atoms with Crippen LogP contribution < -0.4 is 25.8 Å². The lowest BCUT2D eigenvalue weighted by Crippen LogP contribution is -2.39. The summed E-state index contributed by atoms with van der Waals surface area (Å²) in [4.78, 5) is 12.0. The van der Waals surface area contributed by atoms with Crippen molar-refractivity contribution in [2.24, 2.45) is 5.92 Å². The molecule has 0 fully saturated rings. The van der Waals surface area contributed by atoms with E-state index in [4.69, 9.17) is 15.2 Å². The van der Waals surface area contributed by atoms with Gasteiger partial charge in [0.25, 0.3) is 0 Å². The maximum atomic E-state index is 12.0. The van der Waals surface area contributed by atoms with Crippen molar-refractivity contribution in [3.05, 3.63) is 12.1 Å². The van der Waals surface area contributed by atoms with Crippen molar-refractivity contribution in [1.29, 1.82) is 0 Å². The monoisotopic (exact) mass is 293 g/mol. The molecule has 1 amide bonds. The predicted octanol–water partition coefficient (Wildman–Crippen LogP) is 1.61. The van der Waals surface area contributed by atoms with Crippen LogP contribution in [0.5, 0.6) is 11.5 Å². The van der Waals surface area contributed by atoms with E-state index in [0.29, 0.717) is 48.6 Å². The van der Waals surface area contributed by atoms with E-state index in [2.05, 4.69) is 24.5 Å². The molecule has 0 saturated carbocycles. The third kappa shape index (κ3) is 3.93. The second-order valence-corrected chi connectivity index (χ2v) is 5.59. The number of hydrogen-bond acceptors (Lipinski definition) is 5. The first-order chi connectivity index (χ1) is 9.97. The van der Waals surface area contributed by atoms with Gasteiger partial charge in [-0.1, -0.05) is 13.8 Å². The molecule has 6 heteroatoms. The van der Waals surface area contributed by atoms with Crippen LogP contribution in [-0.4, -0.2) is 31.7 Å². The summed E-state index contributed by atoms with van der Waals surface area (Å²) in [7, 11) is 0. The number of ether oxygens (including phenoxy) is 2. The van der Waals surface area contributed by atoms with Crippen LogP contribution in [0.15, 0.2) is 12.1 Å². The highest BCUT2D eigenvalue weighted by atomic mass is 16.6. The van der Waals surface area contributed by atoms with Crippen LogP contribution in [0.3, 0.4) is 0 Å². The molecule has 4 N–H and O–H groups in total. The lowest BCUT2D eigenvalue weighted by atomic mass is 10.2. The second-order valence-electron chi connectivity index (χ2n) is 5.59. The molecule has 0 bridgehead atoms. The fourth-order valence-electron chi connectivity index (χ4n) is 1.99. The van der Waals surface area contributed by atoms with Gasteiger partial charge in [-0.25, -0.2) is 0 Å². The van der Waals surface area contributed by atoms with Crippen LogP contribution in [-0.2, 0) is 4.79 Å². The largest absolute Gasteiger partial charge is 0.486 e. The van der Waals surface area contributed by atoms with Crippen molar-refractivity contribution in [2.75, 3.05) is 30.8 Å². The second kappa shape index (κ2) is 6.56. The molecule has 0 spiro atoms. The first-order valence-electron chi connectivity index (χ1n) is 7.20. The van der Waals surface area contributed by atoms with Crippen molar-refractivity contribution in [2.45, 2.75) is 26.8 Å². The van der Waals surface area contributed by atoms with Crippen molar-refractivity contribution in [3.63, 3.8) is 0 Å². The van der Waals surface area contributed by atoms with Gasteiger partial charge in [-0.3, -0.25) is 4.79 Å². The fourth-order valence-corrected chi connectivity index (χ4v) is 1.99. The van der Waals surface area contributed by atoms with Crippen LogP contribution in [0.2, 0.25) is 0 Å². The van der Waals surface area contributed by atoms with E-state index in [1.807, 2.05) is 0 Å². The zero-order chi connectivity index (χ0) is 15.4. The number of benzene rings is 1. The van der Waals surface area contributed by atoms with Crippen LogP contribution in [0.25, 0.3) is 0 Å². The summed E-state index contributed by atoms with van der Waals surface area (Å²) in [5.74, 6) is 1.65. The molecule has 1 atom stereocenters. The Morgan fingerprint density at radius 2 is 1.86 bits per heavy atom. The molecule has 116 valence electrons. The summed E-state index contributed by atoms with van der Waals surface area (Å²) in [5.41, 5.74) is 7.19. The molecule has 0 saturated heterocycles. The van der Waals surface area contributed by atoms with Crippen LogP contribution in [0.1, 0.15) is 20.8 Å². The zero-order valence-corrected chi connectivity index (χ0v) is 12.7. The zero-order valence-electron chi connectivity index (χ0n) is 12.7. The van der Waals surface area contributed by atoms with Gasteiger partial charge in [0, 0.05) is 18.7 Å². The Labute approximate surface area is 125 Å². The lowest BCUT2D eigenvalue weighted by molar-refractivity contribution is -0.121. The maximum Gasteiger partial charge on any atom is 0.242 e. The van der Waals surface area contributed by atoms with Crippen molar-refractivity contribution in [1.82, 2.24) is 5.32 Å². The highest BCUT2D eigenvalue weighted by molar-refractivity contribution is 5.86. The Kier molecular flexibility index (Phi) is 4.77. The molecule has 0 aliphatic carbocycles. The van der Waals surface area contributed by atoms with Gasteiger partial charge in [-0.2, -0.15) is 0 Å². The van der Waals surface area contributed by atoms with Gasteiger partial charge in [0.2, 0.25) is 5.91 Å². The van der Waals surface area contributed by atoms with Gasteiger partial charge >= 0.3 is 0 Å². The molecule has 0 aromatic heterocycles. The highest BCUT2D eigenvalue weighted by Crippen LogP contribution is 2.37. The summed E-state index contributed by atoms with van der Waals surface area (Å²) in [6.07, 6.45) is 0. The van der Waals surface area contributed by atoms with E-state index in [0.717, 1.165) is 0 Å². The minimum Gasteiger partial charge on any atom is -0.486 e. The smallest absolute Gasteiger partial charge is 0.242 e. The van der Waals surface area contributed by atoms with Gasteiger partial charge in [0.05, 0.1) is 11.4 Å². The van der Waals surface area contributed by atoms with E-state index in [1.54, 1.807) is 19.1 Å². The minimum atomic E-state index is -0.381. The fraction of sp³-hybridized carbons (Fsp3) is 0.533. The number of rotatable bonds is 5. The predicted molar refractivity (Wildman–Crippen MR) is 82.8 cm³/mol. The molecule has 1 heterocycles. The van der Waals surface area contributed by atoms with Gasteiger partial charge in [-0.15, -0.1) is 0 Å². The van der Waals surface area contributed by atoms with Crippen molar-refractivity contribution < 1.29 is 14.3 Å². The summed E-state index contributed by atoms with van der Waals surface area (Å²) >= 11 is 0. The highest BCUT2D eigenvalue weighted by Gasteiger charge is 2.18. The molecule has 1 aliphatic heterocycles. The Morgan fingerprint density at radius 3 is 2.48 bits per heavy atom. The quantitative estimate of drug-likeness (QED) is 0.718. The van der Waals surface area contributed by atoms with E-state index in [1.165, 1.54) is 0 Å². The number of nitrogen functional groups attached to an aromatic ring is 1. The minimum absolute atomic E-state index is 0.0574. The topological polar surface area (TPSA) is 85.6 Å². The Morgan fingerprint density at radius 1 is 1.24 bits per heavy atom. The number of nitrogens with one attached hydrogen (secondary N) is 2. The van der Waals surface area contributed by atoms with Crippen molar-refractivity contribution >= 4 is 17.3 Å². The Balaban J connectivity index is 2.03. The average Bonchev–Trinajstić information content (AvgIpc) is 2.45. The van der Waals surface area contributed by atoms with Crippen LogP contribution in [0, 0.1) is 5.92 Å². The summed E-state index contributed by atoms with van der Waals surface area (Å²) in [5, 5.41) is 6.00. The number of amides is 1. The van der Waals surface area contributed by atoms with E-state index < -0.39 is 0 Å². The molecule has 1 aromatic rings. The first-order valence-corrected chi connectivity index (χ1v) is 7.20. The molecule has 21 heavy (non-hydrogen) atoms. The third-order valence-corrected chi connectivity index (χ3v) is 3.16. The standard InChI is InChI=1S/C15H23N3O3/c1-9(2)8-17-15(19)10(3)18-12-7-14-13(6-11(12)16)20-4-5-21-14/h6-7,9-10,18H,4-5,8,16H2,1-3H3,(H,17,19). The van der Waals surface area contributed by atoms with Gasteiger partial charge in [0.15, 0.2) is 11.5 Å². The SMILES string of the molecule is CC(C)CNC(=O)C(C)Nc1cc2c(cc1N)OCCO2. The molecule has 1 unspecified atom stereocenters. The van der Waals surface area contributed by atoms with Gasteiger partial charge in [0.1, 0.15) is 19.3 Å². The van der Waals surface area contributed by atoms with Gasteiger partial charge < -0.3 is 25.8 Å². The van der Waals surface area contributed by atoms with Crippen molar-refractivity contribution in [3.8, 4) is 11.5 Å². The number of nitrogens with two attached hydrogens (primary N) is 1. The van der Waals surface area contributed by atoms with Crippen LogP contribution in [0.4, 0.5) is 11.4 Å². The number of fused-ring (bicyclic) bond motifs is 1. The number of anilines is 2. The Hall–Kier alpha value is -2.11. The molecular formula is C15H23N3O3. The molecule has 2 rings (SSSR count). The summed E-state index contributed by atoms with van der Waals surface area (Å²) in [6.45, 7) is 7.59. The van der Waals surface area contributed by atoms with E-state index in [-0.39, 0.29) is 11.9 Å². The van der Waals surface area contributed by atoms with Gasteiger partial charge in [-0.05, 0) is 12.8 Å². The lowest BCUT2D eigenvalue weighted by Gasteiger charge is -2.22. The third-order valence-electron chi connectivity index (χ3n) is 3.16. The molecule has 1 aliphatic rings. The molecule has 0 radical (unpaired) electrons. The Bertz CT molecular complexity index is 517. The number of carbonyl (C=O) groups is 1. The van der Waals surface area contributed by atoms with Crippen LogP contribution >= 0.6 is 0 Å². The van der Waals surface area contributed by atoms with E-state index >= 15 is 0 Å². The molecule has 6 nitrogen and oxygen atoms in total.